The van der Waals surface area contributed by atoms with Gasteiger partial charge in [0.05, 0.1) is 0 Å². The Balaban J connectivity index is 2.50. The van der Waals surface area contributed by atoms with Gasteiger partial charge in [-0.1, -0.05) is 25.7 Å². The third-order valence-electron chi connectivity index (χ3n) is 2.41. The zero-order valence-corrected chi connectivity index (χ0v) is 10.4. The second kappa shape index (κ2) is 5.88. The summed E-state index contributed by atoms with van der Waals surface area (Å²) < 4.78 is 11.0. The lowest BCUT2D eigenvalue weighted by atomic mass is 10.4. The lowest BCUT2D eigenvalue weighted by Gasteiger charge is -2.26. The van der Waals surface area contributed by atoms with E-state index in [0.29, 0.717) is 5.57 Å². The molecule has 1 aliphatic rings. The first-order valence-electron chi connectivity index (χ1n) is 5.26. The first kappa shape index (κ1) is 12.2. The van der Waals surface area contributed by atoms with Gasteiger partial charge in [-0.15, -0.1) is 0 Å². The predicted molar refractivity (Wildman–Crippen MR) is 62.0 cm³/mol. The van der Waals surface area contributed by atoms with Gasteiger partial charge in [-0.2, -0.15) is 0 Å². The lowest BCUT2D eigenvalue weighted by Crippen LogP contribution is -2.38. The van der Waals surface area contributed by atoms with E-state index in [0.717, 1.165) is 19.1 Å². The number of hydrogen-bond donors (Lipinski definition) is 0. The number of carbonyl (C=O) groups is 1. The van der Waals surface area contributed by atoms with Crippen molar-refractivity contribution in [2.75, 3.05) is 6.61 Å². The average molecular weight is 226 g/mol. The van der Waals surface area contributed by atoms with Crippen LogP contribution in [0.1, 0.15) is 19.8 Å². The van der Waals surface area contributed by atoms with Crippen LogP contribution in [0.3, 0.4) is 0 Å². The minimum Gasteiger partial charge on any atom is -0.456 e. The van der Waals surface area contributed by atoms with Gasteiger partial charge in [-0.05, 0) is 19.4 Å². The molecular formula is C11H18O3Si. The van der Waals surface area contributed by atoms with Gasteiger partial charge in [0.25, 0.3) is 0 Å². The van der Waals surface area contributed by atoms with E-state index < -0.39 is 9.04 Å². The molecule has 1 heterocycles. The van der Waals surface area contributed by atoms with Crippen LogP contribution in [0.2, 0.25) is 6.04 Å². The van der Waals surface area contributed by atoms with E-state index in [4.69, 9.17) is 9.16 Å². The molecule has 4 heteroatoms. The highest BCUT2D eigenvalue weighted by molar-refractivity contribution is 6.54. The zero-order valence-electron chi connectivity index (χ0n) is 9.20. The van der Waals surface area contributed by atoms with Crippen LogP contribution in [0.25, 0.3) is 0 Å². The van der Waals surface area contributed by atoms with Crippen LogP contribution in [0.5, 0.6) is 0 Å². The van der Waals surface area contributed by atoms with Crippen molar-refractivity contribution in [2.45, 2.75) is 31.5 Å². The fourth-order valence-corrected chi connectivity index (χ4v) is 3.95. The molecule has 0 amide bonds. The normalized spacial score (nSPS) is 22.9. The van der Waals surface area contributed by atoms with Crippen molar-refractivity contribution < 1.29 is 14.0 Å². The summed E-state index contributed by atoms with van der Waals surface area (Å²) in [5.41, 5.74) is 0.209. The molecule has 84 valence electrons. The Morgan fingerprint density at radius 2 is 2.33 bits per heavy atom. The summed E-state index contributed by atoms with van der Waals surface area (Å²) in [6, 6.07) is 1.06. The number of hydrogen-bond acceptors (Lipinski definition) is 3. The standard InChI is InChI=1S/C11H18O3Si/c1-4-10(14-11(12)9(2)3)15-8-6-5-7-13-15/h4,10,15H,1-2,5-8H2,3H3. The van der Waals surface area contributed by atoms with E-state index >= 15 is 0 Å². The van der Waals surface area contributed by atoms with Crippen molar-refractivity contribution >= 4 is 15.0 Å². The fourth-order valence-electron chi connectivity index (χ4n) is 1.52. The molecule has 2 unspecified atom stereocenters. The van der Waals surface area contributed by atoms with Gasteiger partial charge in [0.15, 0.2) is 0 Å². The van der Waals surface area contributed by atoms with E-state index in [2.05, 4.69) is 13.2 Å². The number of ether oxygens (including phenoxy) is 1. The molecule has 1 aliphatic heterocycles. The van der Waals surface area contributed by atoms with Crippen molar-refractivity contribution in [2.24, 2.45) is 0 Å². The summed E-state index contributed by atoms with van der Waals surface area (Å²) in [5, 5.41) is 0. The van der Waals surface area contributed by atoms with Crippen LogP contribution < -0.4 is 0 Å². The summed E-state index contributed by atoms with van der Waals surface area (Å²) in [7, 11) is -1.44. The molecular weight excluding hydrogens is 208 g/mol. The van der Waals surface area contributed by atoms with Crippen molar-refractivity contribution in [1.29, 1.82) is 0 Å². The molecule has 1 rings (SSSR count). The zero-order chi connectivity index (χ0) is 11.3. The summed E-state index contributed by atoms with van der Waals surface area (Å²) in [4.78, 5) is 11.4. The van der Waals surface area contributed by atoms with Gasteiger partial charge in [0.1, 0.15) is 5.73 Å². The molecule has 0 radical (unpaired) electrons. The first-order valence-corrected chi connectivity index (χ1v) is 7.21. The molecule has 0 aromatic carbocycles. The first-order chi connectivity index (χ1) is 7.15. The topological polar surface area (TPSA) is 35.5 Å². The van der Waals surface area contributed by atoms with E-state index in [9.17, 15) is 4.79 Å². The molecule has 0 N–H and O–H groups in total. The minimum atomic E-state index is -1.44. The summed E-state index contributed by atoms with van der Waals surface area (Å²) >= 11 is 0. The Kier molecular flexibility index (Phi) is 4.78. The molecule has 0 bridgehead atoms. The summed E-state index contributed by atoms with van der Waals surface area (Å²) in [6.45, 7) is 9.69. The minimum absolute atomic E-state index is 0.213. The second-order valence-corrected chi connectivity index (χ2v) is 6.44. The van der Waals surface area contributed by atoms with Crippen molar-refractivity contribution in [1.82, 2.24) is 0 Å². The van der Waals surface area contributed by atoms with Gasteiger partial charge < -0.3 is 9.16 Å². The van der Waals surface area contributed by atoms with Gasteiger partial charge in [-0.3, -0.25) is 0 Å². The Bertz CT molecular complexity index is 257. The fraction of sp³-hybridized carbons (Fsp3) is 0.545. The lowest BCUT2D eigenvalue weighted by molar-refractivity contribution is -0.139. The monoisotopic (exact) mass is 226 g/mol. The number of carbonyl (C=O) groups excluding carboxylic acids is 1. The van der Waals surface area contributed by atoms with E-state index in [1.165, 1.54) is 6.42 Å². The van der Waals surface area contributed by atoms with Crippen LogP contribution in [0, 0.1) is 0 Å². The second-order valence-electron chi connectivity index (χ2n) is 3.79. The predicted octanol–water partition coefficient (Wildman–Crippen LogP) is 1.73. The summed E-state index contributed by atoms with van der Waals surface area (Å²) in [5.74, 6) is -0.346. The van der Waals surface area contributed by atoms with Crippen LogP contribution >= 0.6 is 0 Å². The number of rotatable bonds is 4. The molecule has 15 heavy (non-hydrogen) atoms. The van der Waals surface area contributed by atoms with Crippen LogP contribution in [0.4, 0.5) is 0 Å². The Labute approximate surface area is 92.5 Å². The SMILES string of the molecule is C=CC(OC(=O)C(=C)C)[SiH]1CCCCO1. The van der Waals surface area contributed by atoms with Gasteiger partial charge in [0.2, 0.25) is 9.04 Å². The number of esters is 1. The third kappa shape index (κ3) is 3.64. The van der Waals surface area contributed by atoms with Crippen molar-refractivity contribution in [3.05, 3.63) is 24.8 Å². The van der Waals surface area contributed by atoms with E-state index in [1.54, 1.807) is 13.0 Å². The highest BCUT2D eigenvalue weighted by Crippen LogP contribution is 2.17. The molecule has 0 spiro atoms. The van der Waals surface area contributed by atoms with Crippen LogP contribution in [-0.4, -0.2) is 27.3 Å². The Hall–Kier alpha value is -0.873. The van der Waals surface area contributed by atoms with Crippen molar-refractivity contribution in [3.63, 3.8) is 0 Å². The molecule has 2 atom stereocenters. The smallest absolute Gasteiger partial charge is 0.333 e. The average Bonchev–Trinajstić information content (AvgIpc) is 2.26. The highest BCUT2D eigenvalue weighted by atomic mass is 28.3. The molecule has 0 aromatic heterocycles. The third-order valence-corrected chi connectivity index (χ3v) is 5.19. The maximum absolute atomic E-state index is 11.4. The maximum atomic E-state index is 11.4. The molecule has 3 nitrogen and oxygen atoms in total. The largest absolute Gasteiger partial charge is 0.456 e. The maximum Gasteiger partial charge on any atom is 0.333 e. The highest BCUT2D eigenvalue weighted by Gasteiger charge is 2.27. The van der Waals surface area contributed by atoms with Crippen LogP contribution in [0.15, 0.2) is 24.8 Å². The van der Waals surface area contributed by atoms with Gasteiger partial charge in [-0.25, -0.2) is 4.79 Å². The van der Waals surface area contributed by atoms with E-state index in [-0.39, 0.29) is 11.7 Å². The van der Waals surface area contributed by atoms with E-state index in [1.807, 2.05) is 0 Å². The Morgan fingerprint density at radius 1 is 1.60 bits per heavy atom. The Morgan fingerprint density at radius 3 is 2.80 bits per heavy atom. The van der Waals surface area contributed by atoms with Crippen molar-refractivity contribution in [3.8, 4) is 0 Å². The van der Waals surface area contributed by atoms with Gasteiger partial charge in [0, 0.05) is 12.2 Å². The molecule has 1 fully saturated rings. The van der Waals surface area contributed by atoms with Gasteiger partial charge >= 0.3 is 5.97 Å². The van der Waals surface area contributed by atoms with Crippen LogP contribution in [-0.2, 0) is 14.0 Å². The molecule has 0 aliphatic carbocycles. The quantitative estimate of drug-likeness (QED) is 0.317. The summed E-state index contributed by atoms with van der Waals surface area (Å²) in [6.07, 6.45) is 3.97. The molecule has 0 saturated carbocycles. The molecule has 0 aromatic rings. The molecule has 1 saturated heterocycles.